The number of halogens is 1. The van der Waals surface area contributed by atoms with Crippen LogP contribution in [0.25, 0.3) is 16.5 Å². The van der Waals surface area contributed by atoms with Crippen molar-refractivity contribution in [3.8, 4) is 16.5 Å². The Labute approximate surface area is 164 Å². The second-order valence-corrected chi connectivity index (χ2v) is 7.20. The number of benzene rings is 1. The lowest BCUT2D eigenvalue weighted by Crippen LogP contribution is -2.17. The van der Waals surface area contributed by atoms with Gasteiger partial charge >= 0.3 is 0 Å². The van der Waals surface area contributed by atoms with Crippen LogP contribution in [0.5, 0.6) is 0 Å². The minimum atomic E-state index is -0.172. The fourth-order valence-corrected chi connectivity index (χ4v) is 3.62. The molecule has 0 atom stereocenters. The first-order valence-electron chi connectivity index (χ1n) is 8.19. The summed E-state index contributed by atoms with van der Waals surface area (Å²) in [4.78, 5) is 17.0. The second-order valence-electron chi connectivity index (χ2n) is 5.91. The fourth-order valence-electron chi connectivity index (χ4n) is 2.65. The molecule has 27 heavy (non-hydrogen) atoms. The van der Waals surface area contributed by atoms with Crippen molar-refractivity contribution in [1.82, 2.24) is 14.8 Å². The standard InChI is InChI=1S/C19H15ClN4O2S/c1-12-8-17(24(23-12)15-5-2-4-13(20)9-15)22-18(25)10-14-11-27-19(21-14)16-6-3-7-26-16/h2-9,11H,10H2,1H3,(H,22,25). The number of carbonyl (C=O) groups is 1. The van der Waals surface area contributed by atoms with E-state index in [0.29, 0.717) is 22.3 Å². The number of aromatic nitrogens is 3. The van der Waals surface area contributed by atoms with Gasteiger partial charge in [0.15, 0.2) is 10.8 Å². The van der Waals surface area contributed by atoms with Crippen LogP contribution in [0.3, 0.4) is 0 Å². The summed E-state index contributed by atoms with van der Waals surface area (Å²) in [7, 11) is 0. The summed E-state index contributed by atoms with van der Waals surface area (Å²) in [6, 6.07) is 12.8. The molecular formula is C19H15ClN4O2S. The lowest BCUT2D eigenvalue weighted by Gasteiger charge is -2.08. The van der Waals surface area contributed by atoms with Gasteiger partial charge < -0.3 is 9.73 Å². The topological polar surface area (TPSA) is 73.0 Å². The van der Waals surface area contributed by atoms with Crippen LogP contribution < -0.4 is 5.32 Å². The van der Waals surface area contributed by atoms with E-state index in [0.717, 1.165) is 16.4 Å². The van der Waals surface area contributed by atoms with E-state index in [2.05, 4.69) is 15.4 Å². The number of hydrogen-bond acceptors (Lipinski definition) is 5. The van der Waals surface area contributed by atoms with Gasteiger partial charge in [-0.3, -0.25) is 4.79 Å². The van der Waals surface area contributed by atoms with Crippen LogP contribution >= 0.6 is 22.9 Å². The zero-order valence-corrected chi connectivity index (χ0v) is 15.9. The average Bonchev–Trinajstić information content (AvgIpc) is 3.35. The molecule has 0 aliphatic heterocycles. The molecule has 0 spiro atoms. The van der Waals surface area contributed by atoms with Crippen LogP contribution in [0.4, 0.5) is 5.82 Å². The maximum absolute atomic E-state index is 12.5. The first-order chi connectivity index (χ1) is 13.1. The summed E-state index contributed by atoms with van der Waals surface area (Å²) < 4.78 is 7.00. The smallest absolute Gasteiger partial charge is 0.231 e. The largest absolute Gasteiger partial charge is 0.462 e. The maximum atomic E-state index is 12.5. The third-order valence-corrected chi connectivity index (χ3v) is 4.92. The number of carbonyl (C=O) groups excluding carboxylic acids is 1. The van der Waals surface area contributed by atoms with Gasteiger partial charge in [0.25, 0.3) is 0 Å². The van der Waals surface area contributed by atoms with Crippen LogP contribution in [0.2, 0.25) is 5.02 Å². The second kappa shape index (κ2) is 7.38. The Kier molecular flexibility index (Phi) is 4.79. The van der Waals surface area contributed by atoms with E-state index < -0.39 is 0 Å². The number of anilines is 1. The normalized spacial score (nSPS) is 10.9. The molecule has 1 amide bonds. The molecule has 0 radical (unpaired) electrons. The predicted octanol–water partition coefficient (Wildman–Crippen LogP) is 4.73. The molecule has 1 N–H and O–H groups in total. The SMILES string of the molecule is Cc1cc(NC(=O)Cc2csc(-c3ccco3)n2)n(-c2cccc(Cl)c2)n1. The minimum absolute atomic E-state index is 0.164. The van der Waals surface area contributed by atoms with Gasteiger partial charge in [0.1, 0.15) is 5.82 Å². The summed E-state index contributed by atoms with van der Waals surface area (Å²) in [5.41, 5.74) is 2.26. The Morgan fingerprint density at radius 3 is 2.96 bits per heavy atom. The molecule has 1 aromatic carbocycles. The van der Waals surface area contributed by atoms with Crippen molar-refractivity contribution in [3.63, 3.8) is 0 Å². The van der Waals surface area contributed by atoms with E-state index in [-0.39, 0.29) is 12.3 Å². The summed E-state index contributed by atoms with van der Waals surface area (Å²) in [6.45, 7) is 1.87. The lowest BCUT2D eigenvalue weighted by atomic mass is 10.3. The molecule has 8 heteroatoms. The van der Waals surface area contributed by atoms with Gasteiger partial charge in [-0.15, -0.1) is 11.3 Å². The van der Waals surface area contributed by atoms with Crippen LogP contribution in [-0.2, 0) is 11.2 Å². The first kappa shape index (κ1) is 17.5. The fraction of sp³-hybridized carbons (Fsp3) is 0.105. The molecule has 6 nitrogen and oxygen atoms in total. The van der Waals surface area contributed by atoms with Gasteiger partial charge in [-0.2, -0.15) is 5.10 Å². The highest BCUT2D eigenvalue weighted by Crippen LogP contribution is 2.24. The highest BCUT2D eigenvalue weighted by Gasteiger charge is 2.14. The van der Waals surface area contributed by atoms with Crippen LogP contribution in [0, 0.1) is 6.92 Å². The van der Waals surface area contributed by atoms with E-state index in [1.807, 2.05) is 42.6 Å². The molecule has 0 bridgehead atoms. The third kappa shape index (κ3) is 3.94. The number of amides is 1. The van der Waals surface area contributed by atoms with Crippen LogP contribution in [-0.4, -0.2) is 20.7 Å². The quantitative estimate of drug-likeness (QED) is 0.527. The summed E-state index contributed by atoms with van der Waals surface area (Å²) in [5.74, 6) is 1.11. The Hall–Kier alpha value is -2.90. The number of nitrogens with zero attached hydrogens (tertiary/aromatic N) is 3. The summed E-state index contributed by atoms with van der Waals surface area (Å²) in [5, 5.41) is 10.6. The van der Waals surface area contributed by atoms with Crippen molar-refractivity contribution in [1.29, 1.82) is 0 Å². The van der Waals surface area contributed by atoms with E-state index in [1.54, 1.807) is 23.1 Å². The van der Waals surface area contributed by atoms with Crippen LogP contribution in [0.15, 0.2) is 58.5 Å². The Morgan fingerprint density at radius 2 is 2.19 bits per heavy atom. The van der Waals surface area contributed by atoms with Gasteiger partial charge in [0.2, 0.25) is 5.91 Å². The predicted molar refractivity (Wildman–Crippen MR) is 105 cm³/mol. The van der Waals surface area contributed by atoms with Crippen molar-refractivity contribution in [2.75, 3.05) is 5.32 Å². The zero-order valence-electron chi connectivity index (χ0n) is 14.3. The molecule has 0 unspecified atom stereocenters. The zero-order chi connectivity index (χ0) is 18.8. The molecular weight excluding hydrogens is 384 g/mol. The number of aryl methyl sites for hydroxylation is 1. The Morgan fingerprint density at radius 1 is 1.30 bits per heavy atom. The van der Waals surface area contributed by atoms with Crippen molar-refractivity contribution >= 4 is 34.7 Å². The third-order valence-electron chi connectivity index (χ3n) is 3.78. The minimum Gasteiger partial charge on any atom is -0.462 e. The molecule has 0 saturated heterocycles. The van der Waals surface area contributed by atoms with Crippen molar-refractivity contribution in [3.05, 3.63) is 70.5 Å². The molecule has 4 aromatic rings. The maximum Gasteiger partial charge on any atom is 0.231 e. The molecule has 4 rings (SSSR count). The van der Waals surface area contributed by atoms with Crippen LogP contribution in [0.1, 0.15) is 11.4 Å². The number of nitrogens with one attached hydrogen (secondary N) is 1. The van der Waals surface area contributed by atoms with Gasteiger partial charge in [-0.1, -0.05) is 17.7 Å². The van der Waals surface area contributed by atoms with E-state index in [4.69, 9.17) is 16.0 Å². The van der Waals surface area contributed by atoms with Gasteiger partial charge in [0, 0.05) is 16.5 Å². The monoisotopic (exact) mass is 398 g/mol. The Bertz CT molecular complexity index is 1090. The van der Waals surface area contributed by atoms with Crippen molar-refractivity contribution in [2.24, 2.45) is 0 Å². The molecule has 0 aliphatic carbocycles. The molecule has 0 fully saturated rings. The van der Waals surface area contributed by atoms with E-state index in [9.17, 15) is 4.79 Å². The van der Waals surface area contributed by atoms with Gasteiger partial charge in [0.05, 0.1) is 29.8 Å². The summed E-state index contributed by atoms with van der Waals surface area (Å²) in [6.07, 6.45) is 1.76. The molecule has 136 valence electrons. The highest BCUT2D eigenvalue weighted by molar-refractivity contribution is 7.13. The van der Waals surface area contributed by atoms with E-state index >= 15 is 0 Å². The number of thiazole rings is 1. The van der Waals surface area contributed by atoms with E-state index in [1.165, 1.54) is 11.3 Å². The first-order valence-corrected chi connectivity index (χ1v) is 9.45. The van der Waals surface area contributed by atoms with Crippen molar-refractivity contribution < 1.29 is 9.21 Å². The molecule has 3 aromatic heterocycles. The number of furan rings is 1. The number of rotatable bonds is 5. The van der Waals surface area contributed by atoms with Gasteiger partial charge in [-0.25, -0.2) is 9.67 Å². The molecule has 0 aliphatic rings. The average molecular weight is 399 g/mol. The molecule has 0 saturated carbocycles. The molecule has 3 heterocycles. The van der Waals surface area contributed by atoms with Crippen molar-refractivity contribution in [2.45, 2.75) is 13.3 Å². The Balaban J connectivity index is 1.50. The lowest BCUT2D eigenvalue weighted by molar-refractivity contribution is -0.115. The summed E-state index contributed by atoms with van der Waals surface area (Å²) >= 11 is 7.51. The highest BCUT2D eigenvalue weighted by atomic mass is 35.5. The van der Waals surface area contributed by atoms with Gasteiger partial charge in [-0.05, 0) is 37.3 Å². The number of hydrogen-bond donors (Lipinski definition) is 1.